The molecule has 1 aromatic rings. The van der Waals surface area contributed by atoms with Crippen molar-refractivity contribution in [3.8, 4) is 0 Å². The van der Waals surface area contributed by atoms with Crippen LogP contribution in [-0.4, -0.2) is 33.4 Å². The Morgan fingerprint density at radius 3 is 2.58 bits per heavy atom. The lowest BCUT2D eigenvalue weighted by molar-refractivity contribution is -0.144. The summed E-state index contributed by atoms with van der Waals surface area (Å²) in [5.41, 5.74) is 1.29. The molecule has 0 bridgehead atoms. The normalized spacial score (nSPS) is 16.1. The SMILES string of the molecule is CCc1cc(CC)n(C(C)CC(C)(NC)C(=O)O)n1. The lowest BCUT2D eigenvalue weighted by atomic mass is 9.94. The predicted octanol–water partition coefficient (Wildman–Crippen LogP) is 2.02. The highest BCUT2D eigenvalue weighted by Crippen LogP contribution is 2.23. The van der Waals surface area contributed by atoms with Crippen LogP contribution in [0.5, 0.6) is 0 Å². The van der Waals surface area contributed by atoms with Gasteiger partial charge >= 0.3 is 5.97 Å². The minimum absolute atomic E-state index is 0.0452. The number of nitrogens with zero attached hydrogens (tertiary/aromatic N) is 2. The van der Waals surface area contributed by atoms with Crippen LogP contribution >= 0.6 is 0 Å². The van der Waals surface area contributed by atoms with Crippen LogP contribution < -0.4 is 5.32 Å². The molecule has 5 nitrogen and oxygen atoms in total. The van der Waals surface area contributed by atoms with Gasteiger partial charge in [-0.2, -0.15) is 5.10 Å². The fourth-order valence-corrected chi connectivity index (χ4v) is 2.28. The predicted molar refractivity (Wildman–Crippen MR) is 75.4 cm³/mol. The van der Waals surface area contributed by atoms with E-state index in [4.69, 9.17) is 0 Å². The Morgan fingerprint density at radius 1 is 1.53 bits per heavy atom. The first-order valence-electron chi connectivity index (χ1n) is 6.87. The standard InChI is InChI=1S/C14H25N3O2/c1-6-11-8-12(7-2)17(16-11)10(3)9-14(4,15-5)13(18)19/h8,10,15H,6-7,9H2,1-5H3,(H,18,19). The molecule has 0 aliphatic carbocycles. The highest BCUT2D eigenvalue weighted by molar-refractivity contribution is 5.78. The molecule has 2 N–H and O–H groups in total. The summed E-state index contributed by atoms with van der Waals surface area (Å²) in [6.07, 6.45) is 2.30. The summed E-state index contributed by atoms with van der Waals surface area (Å²) in [6, 6.07) is 2.15. The molecular formula is C14H25N3O2. The maximum atomic E-state index is 11.3. The molecule has 0 spiro atoms. The van der Waals surface area contributed by atoms with Gasteiger partial charge in [-0.05, 0) is 46.2 Å². The number of carboxylic acid groups (broad SMARTS) is 1. The summed E-state index contributed by atoms with van der Waals surface area (Å²) in [7, 11) is 1.68. The van der Waals surface area contributed by atoms with Crippen molar-refractivity contribution >= 4 is 5.97 Å². The van der Waals surface area contributed by atoms with Crippen LogP contribution in [0.4, 0.5) is 0 Å². The van der Waals surface area contributed by atoms with E-state index in [9.17, 15) is 9.90 Å². The smallest absolute Gasteiger partial charge is 0.323 e. The van der Waals surface area contributed by atoms with E-state index in [0.29, 0.717) is 6.42 Å². The second-order valence-corrected chi connectivity index (χ2v) is 5.22. The second kappa shape index (κ2) is 6.19. The minimum Gasteiger partial charge on any atom is -0.480 e. The lowest BCUT2D eigenvalue weighted by Crippen LogP contribution is -2.48. The molecule has 1 rings (SSSR count). The van der Waals surface area contributed by atoms with Crippen molar-refractivity contribution in [3.05, 3.63) is 17.5 Å². The molecule has 0 aliphatic rings. The van der Waals surface area contributed by atoms with E-state index in [1.54, 1.807) is 14.0 Å². The molecule has 0 saturated heterocycles. The topological polar surface area (TPSA) is 67.2 Å². The number of carboxylic acids is 1. The Morgan fingerprint density at radius 2 is 2.16 bits per heavy atom. The second-order valence-electron chi connectivity index (χ2n) is 5.22. The quantitative estimate of drug-likeness (QED) is 0.793. The van der Waals surface area contributed by atoms with Crippen LogP contribution in [-0.2, 0) is 17.6 Å². The summed E-state index contributed by atoms with van der Waals surface area (Å²) in [5.74, 6) is -0.831. The summed E-state index contributed by atoms with van der Waals surface area (Å²) in [6.45, 7) is 7.89. The maximum absolute atomic E-state index is 11.3. The van der Waals surface area contributed by atoms with Gasteiger partial charge in [-0.15, -0.1) is 0 Å². The number of hydrogen-bond donors (Lipinski definition) is 2. The molecule has 0 aromatic carbocycles. The number of nitrogens with one attached hydrogen (secondary N) is 1. The van der Waals surface area contributed by atoms with E-state index in [-0.39, 0.29) is 6.04 Å². The summed E-state index contributed by atoms with van der Waals surface area (Å²) in [4.78, 5) is 11.3. The van der Waals surface area contributed by atoms with Crippen molar-refractivity contribution in [2.45, 2.75) is 58.5 Å². The van der Waals surface area contributed by atoms with Gasteiger partial charge in [0.25, 0.3) is 0 Å². The first-order chi connectivity index (χ1) is 8.87. The molecule has 0 radical (unpaired) electrons. The molecule has 1 aromatic heterocycles. The Kier molecular flexibility index (Phi) is 5.11. The van der Waals surface area contributed by atoms with E-state index in [1.165, 1.54) is 0 Å². The molecule has 0 saturated carbocycles. The fourth-order valence-electron chi connectivity index (χ4n) is 2.28. The zero-order chi connectivity index (χ0) is 14.6. The van der Waals surface area contributed by atoms with Gasteiger partial charge in [-0.25, -0.2) is 0 Å². The van der Waals surface area contributed by atoms with E-state index >= 15 is 0 Å². The van der Waals surface area contributed by atoms with Crippen molar-refractivity contribution in [3.63, 3.8) is 0 Å². The highest BCUT2D eigenvalue weighted by atomic mass is 16.4. The molecule has 2 atom stereocenters. The van der Waals surface area contributed by atoms with Crippen LogP contribution in [0.1, 0.15) is 51.5 Å². The van der Waals surface area contributed by atoms with E-state index < -0.39 is 11.5 Å². The first kappa shape index (κ1) is 15.7. The van der Waals surface area contributed by atoms with Crippen molar-refractivity contribution in [2.75, 3.05) is 7.05 Å². The third-order valence-corrected chi connectivity index (χ3v) is 3.73. The molecule has 0 fully saturated rings. The van der Waals surface area contributed by atoms with Gasteiger partial charge in [-0.3, -0.25) is 9.48 Å². The number of aryl methyl sites for hydroxylation is 2. The van der Waals surface area contributed by atoms with Gasteiger partial charge in [0, 0.05) is 5.69 Å². The number of carbonyl (C=O) groups is 1. The average Bonchev–Trinajstić information content (AvgIpc) is 2.81. The highest BCUT2D eigenvalue weighted by Gasteiger charge is 2.34. The van der Waals surface area contributed by atoms with Crippen LogP contribution in [0.15, 0.2) is 6.07 Å². The average molecular weight is 267 g/mol. The van der Waals surface area contributed by atoms with E-state index in [1.807, 2.05) is 11.6 Å². The maximum Gasteiger partial charge on any atom is 0.323 e. The van der Waals surface area contributed by atoms with Crippen LogP contribution in [0.25, 0.3) is 0 Å². The van der Waals surface area contributed by atoms with E-state index in [2.05, 4.69) is 30.3 Å². The Labute approximate surface area is 115 Å². The third kappa shape index (κ3) is 3.35. The minimum atomic E-state index is -0.928. The number of rotatable bonds is 7. The zero-order valence-electron chi connectivity index (χ0n) is 12.5. The molecule has 5 heteroatoms. The van der Waals surface area contributed by atoms with Gasteiger partial charge < -0.3 is 10.4 Å². The largest absolute Gasteiger partial charge is 0.480 e. The van der Waals surface area contributed by atoms with Crippen LogP contribution in [0, 0.1) is 0 Å². The molecule has 108 valence electrons. The van der Waals surface area contributed by atoms with Gasteiger partial charge in [0.1, 0.15) is 5.54 Å². The molecular weight excluding hydrogens is 242 g/mol. The number of hydrogen-bond acceptors (Lipinski definition) is 3. The summed E-state index contributed by atoms with van der Waals surface area (Å²) < 4.78 is 1.97. The molecule has 1 heterocycles. The third-order valence-electron chi connectivity index (χ3n) is 3.73. The Balaban J connectivity index is 2.97. The van der Waals surface area contributed by atoms with Crippen molar-refractivity contribution in [2.24, 2.45) is 0 Å². The Bertz CT molecular complexity index is 442. The number of aliphatic carboxylic acids is 1. The van der Waals surface area contributed by atoms with Gasteiger partial charge in [0.15, 0.2) is 0 Å². The Hall–Kier alpha value is -1.36. The van der Waals surface area contributed by atoms with Crippen molar-refractivity contribution in [1.82, 2.24) is 15.1 Å². The summed E-state index contributed by atoms with van der Waals surface area (Å²) >= 11 is 0. The van der Waals surface area contributed by atoms with Gasteiger partial charge in [0.2, 0.25) is 0 Å². The lowest BCUT2D eigenvalue weighted by Gasteiger charge is -2.28. The first-order valence-corrected chi connectivity index (χ1v) is 6.87. The fraction of sp³-hybridized carbons (Fsp3) is 0.714. The van der Waals surface area contributed by atoms with Gasteiger partial charge in [-0.1, -0.05) is 13.8 Å². The number of likely N-dealkylation sites (N-methyl/N-ethyl adjacent to an activating group) is 1. The van der Waals surface area contributed by atoms with Crippen molar-refractivity contribution in [1.29, 1.82) is 0 Å². The van der Waals surface area contributed by atoms with Crippen molar-refractivity contribution < 1.29 is 9.90 Å². The monoisotopic (exact) mass is 267 g/mol. The molecule has 0 aliphatic heterocycles. The molecule has 19 heavy (non-hydrogen) atoms. The number of aromatic nitrogens is 2. The zero-order valence-corrected chi connectivity index (χ0v) is 12.5. The molecule has 0 amide bonds. The molecule has 2 unspecified atom stereocenters. The van der Waals surface area contributed by atoms with Crippen LogP contribution in [0.3, 0.4) is 0 Å². The van der Waals surface area contributed by atoms with E-state index in [0.717, 1.165) is 24.2 Å². The summed E-state index contributed by atoms with van der Waals surface area (Å²) in [5, 5.41) is 16.8. The van der Waals surface area contributed by atoms with Crippen LogP contribution in [0.2, 0.25) is 0 Å². The van der Waals surface area contributed by atoms with Gasteiger partial charge in [0.05, 0.1) is 11.7 Å².